The molecule has 3 rings (SSSR count). The molecule has 2 unspecified atom stereocenters. The fourth-order valence-corrected chi connectivity index (χ4v) is 3.29. The van der Waals surface area contributed by atoms with Crippen molar-refractivity contribution in [3.05, 3.63) is 70.5 Å². The molecule has 0 aromatic heterocycles. The first-order valence-corrected chi connectivity index (χ1v) is 9.45. The number of amides is 2. The van der Waals surface area contributed by atoms with E-state index in [2.05, 4.69) is 10.6 Å². The number of hydrogen-bond acceptors (Lipinski definition) is 2. The Balaban J connectivity index is 1.35. The Labute approximate surface area is 163 Å². The summed E-state index contributed by atoms with van der Waals surface area (Å²) in [6, 6.07) is 14.0. The zero-order valence-corrected chi connectivity index (χ0v) is 15.6. The van der Waals surface area contributed by atoms with Gasteiger partial charge in [-0.05, 0) is 48.6 Å². The molecule has 2 aromatic rings. The van der Waals surface area contributed by atoms with Crippen molar-refractivity contribution in [1.29, 1.82) is 0 Å². The van der Waals surface area contributed by atoms with Gasteiger partial charge < -0.3 is 10.6 Å². The molecule has 1 aliphatic carbocycles. The Kier molecular flexibility index (Phi) is 6.45. The second kappa shape index (κ2) is 9.00. The average molecular weight is 389 g/mol. The molecule has 6 heteroatoms. The molecule has 0 spiro atoms. The quantitative estimate of drug-likeness (QED) is 0.730. The topological polar surface area (TPSA) is 58.2 Å². The van der Waals surface area contributed by atoms with E-state index >= 15 is 0 Å². The largest absolute Gasteiger partial charge is 0.356 e. The highest BCUT2D eigenvalue weighted by Crippen LogP contribution is 2.38. The molecule has 4 nitrogen and oxygen atoms in total. The van der Waals surface area contributed by atoms with E-state index in [1.165, 1.54) is 6.07 Å². The molecular weight excluding hydrogens is 367 g/mol. The number of carbonyl (C=O) groups excluding carboxylic acids is 2. The molecule has 142 valence electrons. The van der Waals surface area contributed by atoms with E-state index in [9.17, 15) is 14.0 Å². The summed E-state index contributed by atoms with van der Waals surface area (Å²) in [5, 5.41) is 6.34. The molecule has 0 saturated heterocycles. The zero-order chi connectivity index (χ0) is 19.2. The molecule has 0 heterocycles. The van der Waals surface area contributed by atoms with Crippen LogP contribution < -0.4 is 10.6 Å². The molecular formula is C21H22ClFN2O2. The maximum atomic E-state index is 13.5. The third-order valence-electron chi connectivity index (χ3n) is 4.72. The Bertz CT molecular complexity index is 827. The van der Waals surface area contributed by atoms with E-state index < -0.39 is 0 Å². The van der Waals surface area contributed by atoms with Crippen LogP contribution in [0, 0.1) is 17.7 Å². The van der Waals surface area contributed by atoms with E-state index in [4.69, 9.17) is 11.6 Å². The number of halogens is 2. The van der Waals surface area contributed by atoms with Crippen LogP contribution in [0.15, 0.2) is 48.5 Å². The molecule has 2 N–H and O–H groups in total. The van der Waals surface area contributed by atoms with Crippen LogP contribution in [0.3, 0.4) is 0 Å². The van der Waals surface area contributed by atoms with Gasteiger partial charge in [-0.25, -0.2) is 4.39 Å². The van der Waals surface area contributed by atoms with Crippen LogP contribution in [0.5, 0.6) is 0 Å². The minimum Gasteiger partial charge on any atom is -0.356 e. The van der Waals surface area contributed by atoms with Gasteiger partial charge in [-0.3, -0.25) is 9.59 Å². The molecule has 0 bridgehead atoms. The van der Waals surface area contributed by atoms with Gasteiger partial charge >= 0.3 is 0 Å². The summed E-state index contributed by atoms with van der Waals surface area (Å²) in [4.78, 5) is 24.3. The molecule has 2 aromatic carbocycles. The van der Waals surface area contributed by atoms with Gasteiger partial charge in [-0.15, -0.1) is 0 Å². The fourth-order valence-electron chi connectivity index (χ4n) is 3.08. The van der Waals surface area contributed by atoms with Crippen LogP contribution in [-0.4, -0.2) is 24.9 Å². The number of rotatable bonds is 8. The van der Waals surface area contributed by atoms with Crippen molar-refractivity contribution in [3.63, 3.8) is 0 Å². The van der Waals surface area contributed by atoms with Crippen molar-refractivity contribution in [1.82, 2.24) is 10.6 Å². The lowest BCUT2D eigenvalue weighted by molar-refractivity contribution is -0.127. The van der Waals surface area contributed by atoms with E-state index in [1.807, 2.05) is 24.3 Å². The minimum atomic E-state index is -0.281. The summed E-state index contributed by atoms with van der Waals surface area (Å²) in [6.07, 6.45) is 1.69. The van der Waals surface area contributed by atoms with Gasteiger partial charge in [0.15, 0.2) is 0 Å². The van der Waals surface area contributed by atoms with Gasteiger partial charge in [0.05, 0.1) is 11.8 Å². The van der Waals surface area contributed by atoms with Crippen molar-refractivity contribution in [3.8, 4) is 0 Å². The third kappa shape index (κ3) is 5.54. The summed E-state index contributed by atoms with van der Waals surface area (Å²) >= 11 is 5.94. The number of hydrogen-bond donors (Lipinski definition) is 2. The zero-order valence-electron chi connectivity index (χ0n) is 14.9. The Morgan fingerprint density at radius 3 is 2.30 bits per heavy atom. The van der Waals surface area contributed by atoms with Crippen LogP contribution >= 0.6 is 11.6 Å². The summed E-state index contributed by atoms with van der Waals surface area (Å²) < 4.78 is 13.5. The van der Waals surface area contributed by atoms with E-state index in [0.717, 1.165) is 5.56 Å². The highest BCUT2D eigenvalue weighted by atomic mass is 35.5. The first-order chi connectivity index (χ1) is 13.0. The number of carbonyl (C=O) groups is 2. The summed E-state index contributed by atoms with van der Waals surface area (Å²) in [5.41, 5.74) is 1.63. The van der Waals surface area contributed by atoms with Crippen molar-refractivity contribution >= 4 is 23.4 Å². The van der Waals surface area contributed by atoms with Crippen LogP contribution in [0.2, 0.25) is 5.02 Å². The van der Waals surface area contributed by atoms with Crippen LogP contribution in [0.4, 0.5) is 4.39 Å². The highest BCUT2D eigenvalue weighted by molar-refractivity contribution is 6.30. The third-order valence-corrected chi connectivity index (χ3v) is 4.95. The van der Waals surface area contributed by atoms with Gasteiger partial charge in [0, 0.05) is 18.1 Å². The van der Waals surface area contributed by atoms with Gasteiger partial charge in [-0.2, -0.15) is 0 Å². The average Bonchev–Trinajstić information content (AvgIpc) is 3.44. The Hall–Kier alpha value is -2.40. The SMILES string of the molecule is O=C(NCCc1cccc(Cl)c1)C1CC1C(=O)NCCc1ccccc1F. The molecule has 0 radical (unpaired) electrons. The fraction of sp³-hybridized carbons (Fsp3) is 0.333. The summed E-state index contributed by atoms with van der Waals surface area (Å²) in [6.45, 7) is 0.872. The lowest BCUT2D eigenvalue weighted by atomic mass is 10.1. The predicted molar refractivity (Wildman–Crippen MR) is 103 cm³/mol. The summed E-state index contributed by atoms with van der Waals surface area (Å²) in [5.74, 6) is -1.04. The van der Waals surface area contributed by atoms with E-state index in [-0.39, 0.29) is 29.5 Å². The van der Waals surface area contributed by atoms with Crippen molar-refractivity contribution < 1.29 is 14.0 Å². The molecule has 2 amide bonds. The minimum absolute atomic E-state index is 0.0914. The Morgan fingerprint density at radius 1 is 0.963 bits per heavy atom. The normalized spacial score (nSPS) is 18.0. The van der Waals surface area contributed by atoms with Gasteiger partial charge in [0.25, 0.3) is 0 Å². The van der Waals surface area contributed by atoms with Gasteiger partial charge in [-0.1, -0.05) is 41.9 Å². The van der Waals surface area contributed by atoms with Crippen LogP contribution in [0.1, 0.15) is 17.5 Å². The van der Waals surface area contributed by atoms with Crippen molar-refractivity contribution in [2.24, 2.45) is 11.8 Å². The Morgan fingerprint density at radius 2 is 1.63 bits per heavy atom. The van der Waals surface area contributed by atoms with Crippen LogP contribution in [-0.2, 0) is 22.4 Å². The predicted octanol–water partition coefficient (Wildman–Crippen LogP) is 3.13. The second-order valence-electron chi connectivity index (χ2n) is 6.75. The first-order valence-electron chi connectivity index (χ1n) is 9.08. The molecule has 1 aliphatic rings. The molecule has 1 fully saturated rings. The molecule has 0 aliphatic heterocycles. The highest BCUT2D eigenvalue weighted by Gasteiger charge is 2.47. The van der Waals surface area contributed by atoms with Crippen LogP contribution in [0.25, 0.3) is 0 Å². The number of nitrogens with one attached hydrogen (secondary N) is 2. The lowest BCUT2D eigenvalue weighted by Gasteiger charge is -2.07. The van der Waals surface area contributed by atoms with E-state index in [0.29, 0.717) is 42.9 Å². The van der Waals surface area contributed by atoms with Crippen molar-refractivity contribution in [2.75, 3.05) is 13.1 Å². The second-order valence-corrected chi connectivity index (χ2v) is 7.19. The van der Waals surface area contributed by atoms with Gasteiger partial charge in [0.2, 0.25) is 11.8 Å². The first kappa shape index (κ1) is 19.4. The number of benzene rings is 2. The summed E-state index contributed by atoms with van der Waals surface area (Å²) in [7, 11) is 0. The standard InChI is InChI=1S/C21H22ClFN2O2/c22-16-6-3-4-14(12-16)8-10-24-20(26)17-13-18(17)21(27)25-11-9-15-5-1-2-7-19(15)23/h1-7,12,17-18H,8-11,13H2,(H,24,26)(H,25,27). The maximum Gasteiger partial charge on any atom is 0.223 e. The lowest BCUT2D eigenvalue weighted by Crippen LogP contribution is -2.32. The molecule has 1 saturated carbocycles. The smallest absolute Gasteiger partial charge is 0.223 e. The van der Waals surface area contributed by atoms with Crippen molar-refractivity contribution in [2.45, 2.75) is 19.3 Å². The van der Waals surface area contributed by atoms with Gasteiger partial charge in [0.1, 0.15) is 5.82 Å². The monoisotopic (exact) mass is 388 g/mol. The maximum absolute atomic E-state index is 13.5. The molecule has 2 atom stereocenters. The molecule has 27 heavy (non-hydrogen) atoms. The van der Waals surface area contributed by atoms with E-state index in [1.54, 1.807) is 18.2 Å².